The molecule has 1 atom stereocenters. The van der Waals surface area contributed by atoms with Crippen LogP contribution in [0.5, 0.6) is 0 Å². The smallest absolute Gasteiger partial charge is 0.230 e. The highest BCUT2D eigenvalue weighted by Gasteiger charge is 2.11. The van der Waals surface area contributed by atoms with Crippen molar-refractivity contribution in [1.82, 2.24) is 15.1 Å². The molecule has 0 aliphatic rings. The van der Waals surface area contributed by atoms with Gasteiger partial charge < -0.3 is 5.32 Å². The van der Waals surface area contributed by atoms with Crippen LogP contribution >= 0.6 is 46.9 Å². The fraction of sp³-hybridized carbons (Fsp3) is 0.250. The van der Waals surface area contributed by atoms with Crippen LogP contribution in [0, 0.1) is 3.95 Å². The second-order valence-corrected chi connectivity index (χ2v) is 9.59. The fourth-order valence-electron chi connectivity index (χ4n) is 2.61. The summed E-state index contributed by atoms with van der Waals surface area (Å²) in [7, 11) is 0. The van der Waals surface area contributed by atoms with Crippen molar-refractivity contribution in [3.63, 3.8) is 0 Å². The molecule has 0 aliphatic heterocycles. The maximum atomic E-state index is 12.2. The third-order valence-corrected chi connectivity index (χ3v) is 6.66. The van der Waals surface area contributed by atoms with Crippen LogP contribution in [0.3, 0.4) is 0 Å². The topological polar surface area (TPSA) is 46.9 Å². The molecule has 0 saturated heterocycles. The lowest BCUT2D eigenvalue weighted by Crippen LogP contribution is -2.34. The van der Waals surface area contributed by atoms with Crippen LogP contribution < -0.4 is 5.32 Å². The van der Waals surface area contributed by atoms with Gasteiger partial charge >= 0.3 is 0 Å². The molecule has 0 aliphatic carbocycles. The Kier molecular flexibility index (Phi) is 7.67. The first kappa shape index (κ1) is 21.0. The lowest BCUT2D eigenvalue weighted by atomic mass is 10.1. The van der Waals surface area contributed by atoms with Gasteiger partial charge in [0.1, 0.15) is 0 Å². The maximum Gasteiger partial charge on any atom is 0.230 e. The highest BCUT2D eigenvalue weighted by Crippen LogP contribution is 2.24. The van der Waals surface area contributed by atoms with Gasteiger partial charge in [-0.2, -0.15) is 0 Å². The molecular formula is C20H20ClN3OS3. The number of amides is 1. The zero-order chi connectivity index (χ0) is 19.9. The Balaban J connectivity index is 1.48. The number of nitrogens with one attached hydrogen (secondary N) is 1. The van der Waals surface area contributed by atoms with Crippen molar-refractivity contribution < 1.29 is 4.79 Å². The molecule has 0 radical (unpaired) electrons. The van der Waals surface area contributed by atoms with E-state index in [2.05, 4.69) is 22.5 Å². The molecule has 0 fully saturated rings. The molecular weight excluding hydrogens is 430 g/mol. The molecule has 0 spiro atoms. The number of aryl methyl sites for hydroxylation is 1. The third-order valence-electron chi connectivity index (χ3n) is 4.04. The second-order valence-electron chi connectivity index (χ2n) is 6.30. The van der Waals surface area contributed by atoms with Gasteiger partial charge in [0.2, 0.25) is 5.91 Å². The van der Waals surface area contributed by atoms with E-state index < -0.39 is 0 Å². The van der Waals surface area contributed by atoms with Crippen molar-refractivity contribution in [3.05, 3.63) is 69.1 Å². The summed E-state index contributed by atoms with van der Waals surface area (Å²) >= 11 is 14.1. The predicted molar refractivity (Wildman–Crippen MR) is 120 cm³/mol. The van der Waals surface area contributed by atoms with Crippen LogP contribution in [0.25, 0.3) is 5.69 Å². The first-order chi connectivity index (χ1) is 13.5. The largest absolute Gasteiger partial charge is 0.353 e. The number of rotatable bonds is 8. The molecule has 28 heavy (non-hydrogen) atoms. The Hall–Kier alpha value is -1.67. The zero-order valence-electron chi connectivity index (χ0n) is 15.3. The van der Waals surface area contributed by atoms with E-state index in [0.29, 0.717) is 14.7 Å². The first-order valence-electron chi connectivity index (χ1n) is 8.83. The molecule has 8 heteroatoms. The van der Waals surface area contributed by atoms with Crippen LogP contribution in [0.1, 0.15) is 18.9 Å². The minimum atomic E-state index is 0.00437. The number of halogens is 1. The SMILES string of the molecule is CC(CCc1ccccc1)NC(=O)CSc1nn(-c2ccc(Cl)cc2)c(=S)s1. The van der Waals surface area contributed by atoms with Gasteiger partial charge in [-0.25, -0.2) is 4.68 Å². The summed E-state index contributed by atoms with van der Waals surface area (Å²) in [6.45, 7) is 2.03. The third kappa shape index (κ3) is 6.17. The zero-order valence-corrected chi connectivity index (χ0v) is 18.5. The van der Waals surface area contributed by atoms with E-state index in [1.165, 1.54) is 28.7 Å². The average molecular weight is 450 g/mol. The van der Waals surface area contributed by atoms with Gasteiger partial charge in [-0.05, 0) is 61.8 Å². The Bertz CT molecular complexity index is 970. The van der Waals surface area contributed by atoms with Crippen molar-refractivity contribution in [1.29, 1.82) is 0 Å². The summed E-state index contributed by atoms with van der Waals surface area (Å²) in [6, 6.07) is 17.8. The number of benzene rings is 2. The molecule has 3 rings (SSSR count). The minimum absolute atomic E-state index is 0.00437. The van der Waals surface area contributed by atoms with Crippen molar-refractivity contribution in [2.24, 2.45) is 0 Å². The number of hydrogen-bond acceptors (Lipinski definition) is 5. The van der Waals surface area contributed by atoms with Crippen molar-refractivity contribution in [3.8, 4) is 5.69 Å². The molecule has 4 nitrogen and oxygen atoms in total. The summed E-state index contributed by atoms with van der Waals surface area (Å²) in [6.07, 6.45) is 1.85. The quantitative estimate of drug-likeness (QED) is 0.362. The fourth-order valence-corrected chi connectivity index (χ4v) is 4.91. The van der Waals surface area contributed by atoms with E-state index in [4.69, 9.17) is 23.8 Å². The van der Waals surface area contributed by atoms with Crippen LogP contribution in [0.4, 0.5) is 0 Å². The van der Waals surface area contributed by atoms with E-state index in [0.717, 1.165) is 22.9 Å². The molecule has 2 aromatic carbocycles. The highest BCUT2D eigenvalue weighted by atomic mass is 35.5. The second kappa shape index (κ2) is 10.2. The molecule has 1 amide bonds. The molecule has 1 aromatic heterocycles. The van der Waals surface area contributed by atoms with Gasteiger partial charge in [-0.3, -0.25) is 4.79 Å². The van der Waals surface area contributed by atoms with Crippen molar-refractivity contribution in [2.45, 2.75) is 30.1 Å². The number of hydrogen-bond donors (Lipinski definition) is 1. The van der Waals surface area contributed by atoms with Gasteiger partial charge in [0.05, 0.1) is 11.4 Å². The lowest BCUT2D eigenvalue weighted by molar-refractivity contribution is -0.119. The first-order valence-corrected chi connectivity index (χ1v) is 11.4. The Morgan fingerprint density at radius 3 is 2.68 bits per heavy atom. The number of nitrogens with zero attached hydrogens (tertiary/aromatic N) is 2. The van der Waals surface area contributed by atoms with E-state index in [1.54, 1.807) is 16.8 Å². The molecule has 146 valence electrons. The van der Waals surface area contributed by atoms with Gasteiger partial charge in [-0.1, -0.05) is 65.0 Å². The molecule has 1 unspecified atom stereocenters. The van der Waals surface area contributed by atoms with Gasteiger partial charge in [0, 0.05) is 11.1 Å². The standard InChI is InChI=1S/C20H20ClN3OS3/c1-14(7-8-15-5-3-2-4-6-15)22-18(25)13-27-19-23-24(20(26)28-19)17-11-9-16(21)10-12-17/h2-6,9-12,14H,7-8,13H2,1H3,(H,22,25). The average Bonchev–Trinajstić information content (AvgIpc) is 3.07. The Morgan fingerprint density at radius 1 is 1.25 bits per heavy atom. The molecule has 3 aromatic rings. The minimum Gasteiger partial charge on any atom is -0.353 e. The van der Waals surface area contributed by atoms with E-state index in [-0.39, 0.29) is 11.9 Å². The van der Waals surface area contributed by atoms with Crippen LogP contribution in [0.15, 0.2) is 58.9 Å². The predicted octanol–water partition coefficient (Wildman–Crippen LogP) is 5.55. The van der Waals surface area contributed by atoms with Crippen LogP contribution in [-0.4, -0.2) is 27.5 Å². The monoisotopic (exact) mass is 449 g/mol. The van der Waals surface area contributed by atoms with E-state index in [9.17, 15) is 4.79 Å². The summed E-state index contributed by atoms with van der Waals surface area (Å²) in [5.74, 6) is 0.322. The number of aromatic nitrogens is 2. The van der Waals surface area contributed by atoms with Gasteiger partial charge in [0.15, 0.2) is 8.29 Å². The number of carbonyl (C=O) groups is 1. The Morgan fingerprint density at radius 2 is 1.96 bits per heavy atom. The number of carbonyl (C=O) groups excluding carboxylic acids is 1. The van der Waals surface area contributed by atoms with Crippen molar-refractivity contribution >= 4 is 52.8 Å². The summed E-state index contributed by atoms with van der Waals surface area (Å²) in [5.41, 5.74) is 2.14. The highest BCUT2D eigenvalue weighted by molar-refractivity contribution is 8.01. The summed E-state index contributed by atoms with van der Waals surface area (Å²) in [5, 5.41) is 8.22. The molecule has 1 heterocycles. The van der Waals surface area contributed by atoms with Gasteiger partial charge in [-0.15, -0.1) is 5.10 Å². The van der Waals surface area contributed by atoms with E-state index >= 15 is 0 Å². The molecule has 0 saturated carbocycles. The summed E-state index contributed by atoms with van der Waals surface area (Å²) < 4.78 is 3.10. The van der Waals surface area contributed by atoms with E-state index in [1.807, 2.05) is 37.3 Å². The Labute approximate surface area is 182 Å². The maximum absolute atomic E-state index is 12.2. The van der Waals surface area contributed by atoms with Crippen LogP contribution in [-0.2, 0) is 11.2 Å². The normalized spacial score (nSPS) is 11.9. The molecule has 1 N–H and O–H groups in total. The lowest BCUT2D eigenvalue weighted by Gasteiger charge is -2.13. The van der Waals surface area contributed by atoms with Crippen LogP contribution in [0.2, 0.25) is 5.02 Å². The number of thioether (sulfide) groups is 1. The van der Waals surface area contributed by atoms with Crippen molar-refractivity contribution in [2.75, 3.05) is 5.75 Å². The van der Waals surface area contributed by atoms with Gasteiger partial charge in [0.25, 0.3) is 0 Å². The molecule has 0 bridgehead atoms. The summed E-state index contributed by atoms with van der Waals surface area (Å²) in [4.78, 5) is 12.2.